The van der Waals surface area contributed by atoms with Gasteiger partial charge in [-0.25, -0.2) is 9.66 Å². The van der Waals surface area contributed by atoms with Crippen molar-refractivity contribution >= 4 is 17.5 Å². The molecular formula is C18H20N4OS. The third kappa shape index (κ3) is 3.10. The molecular weight excluding hydrogens is 320 g/mol. The number of nitrogen functional groups attached to an aromatic ring is 1. The highest BCUT2D eigenvalue weighted by atomic mass is 32.2. The summed E-state index contributed by atoms with van der Waals surface area (Å²) >= 11 is 1.36. The average molecular weight is 340 g/mol. The van der Waals surface area contributed by atoms with E-state index in [1.807, 2.05) is 61.9 Å². The average Bonchev–Trinajstić information content (AvgIpc) is 3.08. The summed E-state index contributed by atoms with van der Waals surface area (Å²) in [5.74, 6) is 6.38. The lowest BCUT2D eigenvalue weighted by molar-refractivity contribution is 0.102. The van der Waals surface area contributed by atoms with Gasteiger partial charge in [-0.3, -0.25) is 4.79 Å². The lowest BCUT2D eigenvalue weighted by atomic mass is 10.2. The van der Waals surface area contributed by atoms with Gasteiger partial charge in [0.15, 0.2) is 10.9 Å². The Morgan fingerprint density at radius 1 is 1.25 bits per heavy atom. The molecule has 0 amide bonds. The van der Waals surface area contributed by atoms with Gasteiger partial charge in [0.2, 0.25) is 0 Å². The van der Waals surface area contributed by atoms with E-state index in [4.69, 9.17) is 5.84 Å². The Labute approximate surface area is 145 Å². The second-order valence-electron chi connectivity index (χ2n) is 5.74. The van der Waals surface area contributed by atoms with Crippen LogP contribution in [0.25, 0.3) is 11.3 Å². The van der Waals surface area contributed by atoms with Crippen molar-refractivity contribution in [3.05, 3.63) is 59.5 Å². The van der Waals surface area contributed by atoms with Crippen LogP contribution < -0.4 is 5.84 Å². The molecule has 3 rings (SSSR count). The summed E-state index contributed by atoms with van der Waals surface area (Å²) in [7, 11) is 1.97. The normalized spacial score (nSPS) is 11.0. The molecule has 6 heteroatoms. The van der Waals surface area contributed by atoms with E-state index >= 15 is 0 Å². The number of Topliss-reactive ketones (excluding diaryl/α,β-unsaturated/α-hetero) is 1. The zero-order valence-electron chi connectivity index (χ0n) is 14.0. The summed E-state index contributed by atoms with van der Waals surface area (Å²) in [4.78, 5) is 17.0. The van der Waals surface area contributed by atoms with Gasteiger partial charge in [0.1, 0.15) is 0 Å². The van der Waals surface area contributed by atoms with E-state index in [1.165, 1.54) is 16.4 Å². The molecule has 0 radical (unpaired) electrons. The third-order valence-corrected chi connectivity index (χ3v) is 5.14. The minimum Gasteiger partial charge on any atom is -0.351 e. The van der Waals surface area contributed by atoms with Gasteiger partial charge in [-0.05, 0) is 19.9 Å². The maximum absolute atomic E-state index is 12.5. The van der Waals surface area contributed by atoms with E-state index in [9.17, 15) is 4.79 Å². The number of imidazole rings is 1. The van der Waals surface area contributed by atoms with Crippen LogP contribution in [0, 0.1) is 13.8 Å². The molecule has 0 atom stereocenters. The number of rotatable bonds is 5. The molecule has 0 bridgehead atoms. The molecule has 124 valence electrons. The molecule has 2 N–H and O–H groups in total. The van der Waals surface area contributed by atoms with E-state index in [2.05, 4.69) is 4.98 Å². The first-order chi connectivity index (χ1) is 11.5. The van der Waals surface area contributed by atoms with Crippen molar-refractivity contribution < 1.29 is 4.79 Å². The highest BCUT2D eigenvalue weighted by Crippen LogP contribution is 2.24. The Kier molecular flexibility index (Phi) is 4.49. The maximum atomic E-state index is 12.5. The highest BCUT2D eigenvalue weighted by molar-refractivity contribution is 7.99. The standard InChI is InChI=1S/C18H20N4OS/c1-12-9-15(13(2)21(12)3)17(23)11-24-18-20-16(10-22(18)19)14-7-5-4-6-8-14/h4-10H,11,19H2,1-3H3. The summed E-state index contributed by atoms with van der Waals surface area (Å²) in [6.07, 6.45) is 1.78. The first-order valence-corrected chi connectivity index (χ1v) is 8.64. The molecule has 3 aromatic rings. The fraction of sp³-hybridized carbons (Fsp3) is 0.222. The topological polar surface area (TPSA) is 65.8 Å². The Balaban J connectivity index is 1.74. The zero-order valence-corrected chi connectivity index (χ0v) is 14.8. The second kappa shape index (κ2) is 6.57. The van der Waals surface area contributed by atoms with Crippen LogP contribution in [0.5, 0.6) is 0 Å². The predicted molar refractivity (Wildman–Crippen MR) is 97.8 cm³/mol. The van der Waals surface area contributed by atoms with E-state index in [0.717, 1.165) is 28.2 Å². The number of nitrogens with two attached hydrogens (primary N) is 1. The highest BCUT2D eigenvalue weighted by Gasteiger charge is 2.16. The Bertz CT molecular complexity index is 880. The van der Waals surface area contributed by atoms with Crippen LogP contribution >= 0.6 is 11.8 Å². The molecule has 2 aromatic heterocycles. The lowest BCUT2D eigenvalue weighted by Gasteiger charge is -2.02. The minimum absolute atomic E-state index is 0.0884. The fourth-order valence-corrected chi connectivity index (χ4v) is 3.36. The van der Waals surface area contributed by atoms with E-state index < -0.39 is 0 Å². The van der Waals surface area contributed by atoms with Crippen molar-refractivity contribution in [1.29, 1.82) is 0 Å². The van der Waals surface area contributed by atoms with Gasteiger partial charge in [0.25, 0.3) is 0 Å². The van der Waals surface area contributed by atoms with E-state index in [0.29, 0.717) is 10.9 Å². The molecule has 0 saturated heterocycles. The number of nitrogens with zero attached hydrogens (tertiary/aromatic N) is 3. The van der Waals surface area contributed by atoms with Crippen LogP contribution in [0.2, 0.25) is 0 Å². The zero-order chi connectivity index (χ0) is 17.3. The number of carbonyl (C=O) groups excluding carboxylic acids is 1. The number of hydrogen-bond acceptors (Lipinski definition) is 4. The number of aryl methyl sites for hydroxylation is 1. The van der Waals surface area contributed by atoms with Gasteiger partial charge in [-0.15, -0.1) is 0 Å². The van der Waals surface area contributed by atoms with Gasteiger partial charge < -0.3 is 10.4 Å². The first kappa shape index (κ1) is 16.4. The number of ketones is 1. The molecule has 24 heavy (non-hydrogen) atoms. The quantitative estimate of drug-likeness (QED) is 0.440. The lowest BCUT2D eigenvalue weighted by Crippen LogP contribution is -2.10. The van der Waals surface area contributed by atoms with Crippen LogP contribution in [-0.4, -0.2) is 25.8 Å². The summed E-state index contributed by atoms with van der Waals surface area (Å²) in [6, 6.07) is 11.8. The van der Waals surface area contributed by atoms with Gasteiger partial charge >= 0.3 is 0 Å². The molecule has 5 nitrogen and oxygen atoms in total. The Hall–Kier alpha value is -2.47. The maximum Gasteiger partial charge on any atom is 0.187 e. The summed E-state index contributed by atoms with van der Waals surface area (Å²) in [6.45, 7) is 3.96. The van der Waals surface area contributed by atoms with Crippen molar-refractivity contribution in [2.24, 2.45) is 7.05 Å². The SMILES string of the molecule is Cc1cc(C(=O)CSc2nc(-c3ccccc3)cn2N)c(C)n1C. The molecule has 0 saturated carbocycles. The van der Waals surface area contributed by atoms with Crippen LogP contribution in [-0.2, 0) is 7.05 Å². The van der Waals surface area contributed by atoms with Crippen molar-refractivity contribution in [3.63, 3.8) is 0 Å². The Morgan fingerprint density at radius 3 is 2.58 bits per heavy atom. The second-order valence-corrected chi connectivity index (χ2v) is 6.68. The van der Waals surface area contributed by atoms with Crippen LogP contribution in [0.15, 0.2) is 47.8 Å². The summed E-state index contributed by atoms with van der Waals surface area (Å²) in [5.41, 5.74) is 4.64. The van der Waals surface area contributed by atoms with Crippen molar-refractivity contribution in [2.45, 2.75) is 19.0 Å². The van der Waals surface area contributed by atoms with E-state index in [1.54, 1.807) is 6.20 Å². The van der Waals surface area contributed by atoms with E-state index in [-0.39, 0.29) is 5.78 Å². The van der Waals surface area contributed by atoms with Gasteiger partial charge in [0, 0.05) is 29.6 Å². The minimum atomic E-state index is 0.0884. The number of hydrogen-bond donors (Lipinski definition) is 1. The molecule has 0 aliphatic rings. The van der Waals surface area contributed by atoms with Crippen LogP contribution in [0.4, 0.5) is 0 Å². The number of benzene rings is 1. The largest absolute Gasteiger partial charge is 0.351 e. The number of aromatic nitrogens is 3. The molecule has 1 aromatic carbocycles. The molecule has 0 aliphatic heterocycles. The smallest absolute Gasteiger partial charge is 0.187 e. The predicted octanol–water partition coefficient (Wildman–Crippen LogP) is 3.19. The van der Waals surface area contributed by atoms with Gasteiger partial charge in [0.05, 0.1) is 17.6 Å². The molecule has 0 fully saturated rings. The fourth-order valence-electron chi connectivity index (χ4n) is 2.58. The van der Waals surface area contributed by atoms with Gasteiger partial charge in [-0.2, -0.15) is 0 Å². The summed E-state index contributed by atoms with van der Waals surface area (Å²) in [5, 5.41) is 0.632. The van der Waals surface area contributed by atoms with Crippen molar-refractivity contribution in [1.82, 2.24) is 14.2 Å². The summed E-state index contributed by atoms with van der Waals surface area (Å²) < 4.78 is 3.50. The molecule has 0 aliphatic carbocycles. The number of thioether (sulfide) groups is 1. The third-order valence-electron chi connectivity index (χ3n) is 4.18. The molecule has 0 unspecified atom stereocenters. The molecule has 0 spiro atoms. The van der Waals surface area contributed by atoms with Crippen LogP contribution in [0.3, 0.4) is 0 Å². The number of carbonyl (C=O) groups is 1. The first-order valence-electron chi connectivity index (χ1n) is 7.66. The van der Waals surface area contributed by atoms with Crippen molar-refractivity contribution in [2.75, 3.05) is 11.6 Å². The monoisotopic (exact) mass is 340 g/mol. The van der Waals surface area contributed by atoms with Gasteiger partial charge in [-0.1, -0.05) is 42.1 Å². The van der Waals surface area contributed by atoms with Crippen molar-refractivity contribution in [3.8, 4) is 11.3 Å². The molecule has 2 heterocycles. The van der Waals surface area contributed by atoms with Crippen LogP contribution in [0.1, 0.15) is 21.7 Å². The Morgan fingerprint density at radius 2 is 1.96 bits per heavy atom.